The number of carboxylic acid groups (broad SMARTS) is 1. The SMILES string of the molecule is CCCc1nc(C)c(C(=O)Nc2ccc(C(=O)O)c(C)c2)s1. The Morgan fingerprint density at radius 1 is 1.32 bits per heavy atom. The lowest BCUT2D eigenvalue weighted by atomic mass is 10.1. The first-order valence-electron chi connectivity index (χ1n) is 7.04. The van der Waals surface area contributed by atoms with E-state index in [1.807, 2.05) is 6.92 Å². The summed E-state index contributed by atoms with van der Waals surface area (Å²) in [4.78, 5) is 28.3. The van der Waals surface area contributed by atoms with Gasteiger partial charge in [-0.05, 0) is 50.5 Å². The number of hydrogen-bond acceptors (Lipinski definition) is 4. The second-order valence-electron chi connectivity index (χ2n) is 5.06. The van der Waals surface area contributed by atoms with E-state index >= 15 is 0 Å². The molecule has 6 heteroatoms. The number of thiazole rings is 1. The van der Waals surface area contributed by atoms with Crippen LogP contribution in [-0.4, -0.2) is 22.0 Å². The van der Waals surface area contributed by atoms with Crippen molar-refractivity contribution in [3.63, 3.8) is 0 Å². The Hall–Kier alpha value is -2.21. The first kappa shape index (κ1) is 16.2. The topological polar surface area (TPSA) is 79.3 Å². The number of aromatic nitrogens is 1. The first-order chi connectivity index (χ1) is 10.4. The molecule has 0 spiro atoms. The Bertz CT molecular complexity index is 722. The lowest BCUT2D eigenvalue weighted by Crippen LogP contribution is -2.12. The third-order valence-electron chi connectivity index (χ3n) is 3.23. The maximum absolute atomic E-state index is 12.3. The number of carboxylic acids is 1. The largest absolute Gasteiger partial charge is 0.478 e. The van der Waals surface area contributed by atoms with Crippen LogP contribution in [0, 0.1) is 13.8 Å². The molecule has 1 heterocycles. The van der Waals surface area contributed by atoms with E-state index in [9.17, 15) is 9.59 Å². The van der Waals surface area contributed by atoms with Gasteiger partial charge in [0.25, 0.3) is 5.91 Å². The van der Waals surface area contributed by atoms with Gasteiger partial charge in [-0.25, -0.2) is 9.78 Å². The van der Waals surface area contributed by atoms with Crippen molar-refractivity contribution in [1.29, 1.82) is 0 Å². The number of carbonyl (C=O) groups excluding carboxylic acids is 1. The number of carbonyl (C=O) groups is 2. The fourth-order valence-corrected chi connectivity index (χ4v) is 3.21. The second-order valence-corrected chi connectivity index (χ2v) is 6.14. The maximum atomic E-state index is 12.3. The smallest absolute Gasteiger partial charge is 0.335 e. The van der Waals surface area contributed by atoms with Crippen LogP contribution < -0.4 is 5.32 Å². The highest BCUT2D eigenvalue weighted by molar-refractivity contribution is 7.13. The summed E-state index contributed by atoms with van der Waals surface area (Å²) in [6.07, 6.45) is 1.86. The second kappa shape index (κ2) is 6.70. The first-order valence-corrected chi connectivity index (χ1v) is 7.85. The van der Waals surface area contributed by atoms with Crippen molar-refractivity contribution < 1.29 is 14.7 Å². The molecular weight excluding hydrogens is 300 g/mol. The quantitative estimate of drug-likeness (QED) is 0.881. The molecule has 0 aliphatic rings. The van der Waals surface area contributed by atoms with Gasteiger partial charge in [-0.3, -0.25) is 4.79 Å². The number of aromatic carboxylic acids is 1. The van der Waals surface area contributed by atoms with Crippen molar-refractivity contribution in [3.8, 4) is 0 Å². The third-order valence-corrected chi connectivity index (χ3v) is 4.44. The van der Waals surface area contributed by atoms with E-state index in [-0.39, 0.29) is 11.5 Å². The minimum absolute atomic E-state index is 0.208. The van der Waals surface area contributed by atoms with Gasteiger partial charge < -0.3 is 10.4 Å². The highest BCUT2D eigenvalue weighted by atomic mass is 32.1. The highest BCUT2D eigenvalue weighted by Gasteiger charge is 2.16. The lowest BCUT2D eigenvalue weighted by molar-refractivity contribution is 0.0696. The molecule has 2 aromatic rings. The lowest BCUT2D eigenvalue weighted by Gasteiger charge is -2.07. The van der Waals surface area contributed by atoms with Gasteiger partial charge in [0.2, 0.25) is 0 Å². The zero-order chi connectivity index (χ0) is 16.3. The van der Waals surface area contributed by atoms with Gasteiger partial charge >= 0.3 is 5.97 Å². The molecule has 22 heavy (non-hydrogen) atoms. The van der Waals surface area contributed by atoms with Gasteiger partial charge in [-0.1, -0.05) is 6.92 Å². The van der Waals surface area contributed by atoms with E-state index in [0.717, 1.165) is 23.5 Å². The number of nitrogens with one attached hydrogen (secondary N) is 1. The molecule has 0 aliphatic carbocycles. The van der Waals surface area contributed by atoms with Crippen LogP contribution in [0.15, 0.2) is 18.2 Å². The molecule has 2 N–H and O–H groups in total. The summed E-state index contributed by atoms with van der Waals surface area (Å²) in [6, 6.07) is 4.75. The number of amides is 1. The summed E-state index contributed by atoms with van der Waals surface area (Å²) in [5.74, 6) is -1.18. The highest BCUT2D eigenvalue weighted by Crippen LogP contribution is 2.22. The van der Waals surface area contributed by atoms with E-state index in [1.165, 1.54) is 17.4 Å². The van der Waals surface area contributed by atoms with E-state index in [4.69, 9.17) is 5.11 Å². The number of nitrogens with zero attached hydrogens (tertiary/aromatic N) is 1. The van der Waals surface area contributed by atoms with Gasteiger partial charge in [0.05, 0.1) is 16.3 Å². The van der Waals surface area contributed by atoms with Crippen LogP contribution in [0.4, 0.5) is 5.69 Å². The van der Waals surface area contributed by atoms with Crippen molar-refractivity contribution in [1.82, 2.24) is 4.98 Å². The minimum atomic E-state index is -0.974. The van der Waals surface area contributed by atoms with Gasteiger partial charge in [0.1, 0.15) is 4.88 Å². The number of hydrogen-bond donors (Lipinski definition) is 2. The Balaban J connectivity index is 2.18. The monoisotopic (exact) mass is 318 g/mol. The summed E-state index contributed by atoms with van der Waals surface area (Å²) in [6.45, 7) is 5.60. The maximum Gasteiger partial charge on any atom is 0.335 e. The van der Waals surface area contributed by atoms with Crippen LogP contribution in [0.2, 0.25) is 0 Å². The zero-order valence-electron chi connectivity index (χ0n) is 12.8. The normalized spacial score (nSPS) is 10.5. The number of anilines is 1. The zero-order valence-corrected chi connectivity index (χ0v) is 13.6. The molecule has 0 atom stereocenters. The van der Waals surface area contributed by atoms with Crippen molar-refractivity contribution in [2.24, 2.45) is 0 Å². The number of rotatable bonds is 5. The van der Waals surface area contributed by atoms with Crippen LogP contribution in [0.1, 0.15) is 49.6 Å². The fourth-order valence-electron chi connectivity index (χ4n) is 2.15. The Kier molecular flexibility index (Phi) is 4.92. The van der Waals surface area contributed by atoms with E-state index < -0.39 is 5.97 Å². The Morgan fingerprint density at radius 3 is 2.64 bits per heavy atom. The van der Waals surface area contributed by atoms with Gasteiger partial charge in [-0.2, -0.15) is 0 Å². The molecule has 5 nitrogen and oxygen atoms in total. The predicted octanol–water partition coefficient (Wildman–Crippen LogP) is 3.66. The summed E-state index contributed by atoms with van der Waals surface area (Å²) in [5.41, 5.74) is 2.15. The molecule has 0 aliphatic heterocycles. The van der Waals surface area contributed by atoms with Gasteiger partial charge in [0.15, 0.2) is 0 Å². The molecule has 1 aromatic carbocycles. The van der Waals surface area contributed by atoms with Gasteiger partial charge in [-0.15, -0.1) is 11.3 Å². The predicted molar refractivity (Wildman–Crippen MR) is 86.9 cm³/mol. The van der Waals surface area contributed by atoms with Crippen molar-refractivity contribution in [2.45, 2.75) is 33.6 Å². The van der Waals surface area contributed by atoms with E-state index in [0.29, 0.717) is 16.1 Å². The summed E-state index contributed by atoms with van der Waals surface area (Å²) in [5, 5.41) is 12.8. The van der Waals surface area contributed by atoms with Crippen LogP contribution in [0.25, 0.3) is 0 Å². The van der Waals surface area contributed by atoms with E-state index in [2.05, 4.69) is 17.2 Å². The molecule has 0 saturated heterocycles. The Labute approximate surface area is 133 Å². The third kappa shape index (κ3) is 3.51. The van der Waals surface area contributed by atoms with Crippen molar-refractivity contribution >= 4 is 28.9 Å². The number of benzene rings is 1. The van der Waals surface area contributed by atoms with Gasteiger partial charge in [0, 0.05) is 5.69 Å². The molecule has 0 unspecified atom stereocenters. The van der Waals surface area contributed by atoms with Crippen molar-refractivity contribution in [2.75, 3.05) is 5.32 Å². The van der Waals surface area contributed by atoms with Crippen LogP contribution in [-0.2, 0) is 6.42 Å². The average molecular weight is 318 g/mol. The standard InChI is InChI=1S/C16H18N2O3S/c1-4-5-13-17-10(3)14(22-13)15(19)18-11-6-7-12(16(20)21)9(2)8-11/h6-8H,4-5H2,1-3H3,(H,18,19)(H,20,21). The number of aryl methyl sites for hydroxylation is 3. The van der Waals surface area contributed by atoms with Crippen LogP contribution >= 0.6 is 11.3 Å². The molecule has 1 amide bonds. The molecule has 2 rings (SSSR count). The molecule has 0 radical (unpaired) electrons. The summed E-state index contributed by atoms with van der Waals surface area (Å²) < 4.78 is 0. The summed E-state index contributed by atoms with van der Waals surface area (Å²) >= 11 is 1.41. The van der Waals surface area contributed by atoms with Crippen molar-refractivity contribution in [3.05, 3.63) is 44.9 Å². The van der Waals surface area contributed by atoms with Crippen LogP contribution in [0.3, 0.4) is 0 Å². The molecule has 0 fully saturated rings. The summed E-state index contributed by atoms with van der Waals surface area (Å²) in [7, 11) is 0. The molecular formula is C16H18N2O3S. The minimum Gasteiger partial charge on any atom is -0.478 e. The molecule has 116 valence electrons. The van der Waals surface area contributed by atoms with Crippen LogP contribution in [0.5, 0.6) is 0 Å². The Morgan fingerprint density at radius 2 is 2.05 bits per heavy atom. The fraction of sp³-hybridized carbons (Fsp3) is 0.312. The molecule has 0 saturated carbocycles. The van der Waals surface area contributed by atoms with E-state index in [1.54, 1.807) is 19.1 Å². The molecule has 1 aromatic heterocycles. The molecule has 0 bridgehead atoms. The average Bonchev–Trinajstić information content (AvgIpc) is 2.80.